The van der Waals surface area contributed by atoms with Gasteiger partial charge in [-0.15, -0.1) is 0 Å². The highest BCUT2D eigenvalue weighted by Crippen LogP contribution is 2.17. The lowest BCUT2D eigenvalue weighted by Crippen LogP contribution is -2.42. The quantitative estimate of drug-likeness (QED) is 0.865. The van der Waals surface area contributed by atoms with Gasteiger partial charge in [0, 0.05) is 6.04 Å². The summed E-state index contributed by atoms with van der Waals surface area (Å²) in [6.07, 6.45) is 2.43. The van der Waals surface area contributed by atoms with Gasteiger partial charge in [-0.2, -0.15) is 0 Å². The molecule has 1 aromatic carbocycles. The minimum Gasteiger partial charge on any atom is -0.317 e. The lowest BCUT2D eigenvalue weighted by Gasteiger charge is -2.24. The van der Waals surface area contributed by atoms with Gasteiger partial charge in [-0.25, -0.2) is 13.1 Å². The van der Waals surface area contributed by atoms with E-state index in [1.54, 1.807) is 12.1 Å². The second kappa shape index (κ2) is 5.82. The van der Waals surface area contributed by atoms with Crippen LogP contribution in [0.5, 0.6) is 0 Å². The second-order valence-electron chi connectivity index (χ2n) is 4.61. The third kappa shape index (κ3) is 3.10. The van der Waals surface area contributed by atoms with Gasteiger partial charge in [-0.1, -0.05) is 25.1 Å². The van der Waals surface area contributed by atoms with Crippen molar-refractivity contribution < 1.29 is 8.42 Å². The van der Waals surface area contributed by atoms with Crippen molar-refractivity contribution in [1.29, 1.82) is 0 Å². The molecule has 0 amide bonds. The first kappa shape index (κ1) is 13.5. The van der Waals surface area contributed by atoms with Crippen LogP contribution >= 0.6 is 0 Å². The fourth-order valence-electron chi connectivity index (χ4n) is 2.28. The van der Waals surface area contributed by atoms with Crippen molar-refractivity contribution in [3.05, 3.63) is 29.8 Å². The number of sulfonamides is 1. The number of rotatable bonds is 4. The van der Waals surface area contributed by atoms with Crippen LogP contribution in [0.15, 0.2) is 29.2 Å². The molecule has 2 N–H and O–H groups in total. The Morgan fingerprint density at radius 1 is 1.28 bits per heavy atom. The Labute approximate surface area is 109 Å². The van der Waals surface area contributed by atoms with Gasteiger partial charge in [-0.3, -0.25) is 0 Å². The van der Waals surface area contributed by atoms with Crippen LogP contribution in [0.2, 0.25) is 0 Å². The van der Waals surface area contributed by atoms with Gasteiger partial charge in [0.1, 0.15) is 0 Å². The first-order valence-electron chi connectivity index (χ1n) is 6.44. The molecule has 0 aliphatic carbocycles. The van der Waals surface area contributed by atoms with Gasteiger partial charge >= 0.3 is 0 Å². The highest BCUT2D eigenvalue weighted by atomic mass is 32.2. The average molecular weight is 268 g/mol. The van der Waals surface area contributed by atoms with Crippen molar-refractivity contribution in [2.24, 2.45) is 0 Å². The van der Waals surface area contributed by atoms with Crippen LogP contribution in [-0.2, 0) is 16.4 Å². The van der Waals surface area contributed by atoms with E-state index < -0.39 is 10.0 Å². The number of piperidine rings is 1. The number of benzene rings is 1. The highest BCUT2D eigenvalue weighted by molar-refractivity contribution is 7.89. The molecule has 0 radical (unpaired) electrons. The molecule has 1 aliphatic rings. The van der Waals surface area contributed by atoms with Crippen LogP contribution in [0.25, 0.3) is 0 Å². The fraction of sp³-hybridized carbons (Fsp3) is 0.538. The normalized spacial score (nSPS) is 17.8. The monoisotopic (exact) mass is 268 g/mol. The van der Waals surface area contributed by atoms with Crippen molar-refractivity contribution in [1.82, 2.24) is 10.0 Å². The molecule has 1 heterocycles. The van der Waals surface area contributed by atoms with Crippen LogP contribution in [-0.4, -0.2) is 27.5 Å². The molecular weight excluding hydrogens is 248 g/mol. The first-order chi connectivity index (χ1) is 8.63. The summed E-state index contributed by atoms with van der Waals surface area (Å²) in [4.78, 5) is 0.422. The Balaban J connectivity index is 2.19. The summed E-state index contributed by atoms with van der Waals surface area (Å²) < 4.78 is 27.5. The zero-order chi connectivity index (χ0) is 13.0. The van der Waals surface area contributed by atoms with Crippen LogP contribution < -0.4 is 10.0 Å². The Kier molecular flexibility index (Phi) is 4.37. The molecule has 0 unspecified atom stereocenters. The fourth-order valence-corrected chi connectivity index (χ4v) is 3.90. The van der Waals surface area contributed by atoms with E-state index in [1.165, 1.54) is 0 Å². The van der Waals surface area contributed by atoms with E-state index in [0.717, 1.165) is 37.9 Å². The van der Waals surface area contributed by atoms with Gasteiger partial charge in [-0.05, 0) is 44.0 Å². The molecule has 0 atom stereocenters. The van der Waals surface area contributed by atoms with Gasteiger partial charge in [0.05, 0.1) is 4.90 Å². The number of hydrogen-bond acceptors (Lipinski definition) is 3. The zero-order valence-corrected chi connectivity index (χ0v) is 11.5. The molecule has 0 bridgehead atoms. The maximum absolute atomic E-state index is 12.3. The third-order valence-corrected chi connectivity index (χ3v) is 4.92. The molecular formula is C13H20N2O2S. The Morgan fingerprint density at radius 3 is 2.61 bits per heavy atom. The van der Waals surface area contributed by atoms with Gasteiger partial charge < -0.3 is 5.32 Å². The van der Waals surface area contributed by atoms with Crippen LogP contribution in [0, 0.1) is 0 Å². The van der Waals surface area contributed by atoms with Crippen LogP contribution in [0.4, 0.5) is 0 Å². The molecule has 4 nitrogen and oxygen atoms in total. The van der Waals surface area contributed by atoms with Crippen LogP contribution in [0.3, 0.4) is 0 Å². The Morgan fingerprint density at radius 2 is 1.94 bits per heavy atom. The molecule has 1 aliphatic heterocycles. The summed E-state index contributed by atoms with van der Waals surface area (Å²) in [5, 5.41) is 3.23. The summed E-state index contributed by atoms with van der Waals surface area (Å²) in [5.41, 5.74) is 0.874. The van der Waals surface area contributed by atoms with Gasteiger partial charge in [0.25, 0.3) is 0 Å². The van der Waals surface area contributed by atoms with E-state index in [1.807, 2.05) is 19.1 Å². The van der Waals surface area contributed by atoms with Crippen LogP contribution in [0.1, 0.15) is 25.3 Å². The Hall–Kier alpha value is -0.910. The summed E-state index contributed by atoms with van der Waals surface area (Å²) in [5.74, 6) is 0. The SMILES string of the molecule is CCc1ccccc1S(=O)(=O)NC1CCNCC1. The molecule has 0 spiro atoms. The molecule has 100 valence electrons. The Bertz CT molecular complexity index is 493. The minimum atomic E-state index is -3.38. The van der Waals surface area contributed by atoms with E-state index >= 15 is 0 Å². The van der Waals surface area contributed by atoms with E-state index in [2.05, 4.69) is 10.0 Å². The molecule has 1 aromatic rings. The molecule has 0 saturated carbocycles. The smallest absolute Gasteiger partial charge is 0.241 e. The number of nitrogens with one attached hydrogen (secondary N) is 2. The minimum absolute atomic E-state index is 0.0566. The summed E-state index contributed by atoms with van der Waals surface area (Å²) in [7, 11) is -3.38. The average Bonchev–Trinajstić information content (AvgIpc) is 2.39. The first-order valence-corrected chi connectivity index (χ1v) is 7.93. The predicted molar refractivity (Wildman–Crippen MR) is 72.0 cm³/mol. The van der Waals surface area contributed by atoms with Gasteiger partial charge in [0.2, 0.25) is 10.0 Å². The predicted octanol–water partition coefficient (Wildman–Crippen LogP) is 1.28. The van der Waals surface area contributed by atoms with Crippen molar-refractivity contribution in [2.45, 2.75) is 37.1 Å². The maximum Gasteiger partial charge on any atom is 0.241 e. The second-order valence-corrected chi connectivity index (χ2v) is 6.29. The lowest BCUT2D eigenvalue weighted by atomic mass is 10.1. The van der Waals surface area contributed by atoms with E-state index in [0.29, 0.717) is 4.90 Å². The summed E-state index contributed by atoms with van der Waals surface area (Å²) >= 11 is 0. The molecule has 1 saturated heterocycles. The molecule has 1 fully saturated rings. The largest absolute Gasteiger partial charge is 0.317 e. The van der Waals surface area contributed by atoms with Crippen molar-refractivity contribution in [3.8, 4) is 0 Å². The van der Waals surface area contributed by atoms with Crippen molar-refractivity contribution in [2.75, 3.05) is 13.1 Å². The van der Waals surface area contributed by atoms with E-state index in [9.17, 15) is 8.42 Å². The molecule has 0 aromatic heterocycles. The third-order valence-electron chi connectivity index (χ3n) is 3.30. The number of hydrogen-bond donors (Lipinski definition) is 2. The zero-order valence-electron chi connectivity index (χ0n) is 10.6. The topological polar surface area (TPSA) is 58.2 Å². The van der Waals surface area contributed by atoms with Crippen molar-refractivity contribution in [3.63, 3.8) is 0 Å². The number of aryl methyl sites for hydroxylation is 1. The summed E-state index contributed by atoms with van der Waals surface area (Å²) in [6, 6.07) is 7.26. The van der Waals surface area contributed by atoms with E-state index in [4.69, 9.17) is 0 Å². The lowest BCUT2D eigenvalue weighted by molar-refractivity contribution is 0.427. The van der Waals surface area contributed by atoms with Gasteiger partial charge in [0.15, 0.2) is 0 Å². The summed E-state index contributed by atoms with van der Waals surface area (Å²) in [6.45, 7) is 3.73. The maximum atomic E-state index is 12.3. The molecule has 18 heavy (non-hydrogen) atoms. The highest BCUT2D eigenvalue weighted by Gasteiger charge is 2.23. The standard InChI is InChI=1S/C13H20N2O2S/c1-2-11-5-3-4-6-13(11)18(16,17)15-12-7-9-14-10-8-12/h3-6,12,14-15H,2,7-10H2,1H3. The van der Waals surface area contributed by atoms with E-state index in [-0.39, 0.29) is 6.04 Å². The molecule has 5 heteroatoms. The van der Waals surface area contributed by atoms with Crippen molar-refractivity contribution >= 4 is 10.0 Å². The molecule has 2 rings (SSSR count).